The van der Waals surface area contributed by atoms with Crippen LogP contribution in [0.1, 0.15) is 29.3 Å². The van der Waals surface area contributed by atoms with Crippen LogP contribution in [0.15, 0.2) is 72.3 Å². The SMILES string of the molecule is C=C/C=C(/c1ccsc1)c1cc(-c2[nH]nc3ncc(-c4cncc(CC)c4)cc23)[nH]c1C. The van der Waals surface area contributed by atoms with E-state index in [1.165, 1.54) is 11.1 Å². The highest BCUT2D eigenvalue weighted by atomic mass is 32.1. The number of aromatic nitrogens is 5. The summed E-state index contributed by atoms with van der Waals surface area (Å²) in [4.78, 5) is 12.5. The third-order valence-electron chi connectivity index (χ3n) is 5.64. The molecule has 0 bridgehead atoms. The third-order valence-corrected chi connectivity index (χ3v) is 6.32. The first-order valence-corrected chi connectivity index (χ1v) is 11.5. The van der Waals surface area contributed by atoms with E-state index in [1.807, 2.05) is 24.7 Å². The summed E-state index contributed by atoms with van der Waals surface area (Å²) in [5, 5.41) is 12.8. The number of hydrogen-bond acceptors (Lipinski definition) is 4. The van der Waals surface area contributed by atoms with Gasteiger partial charge in [0.15, 0.2) is 5.65 Å². The summed E-state index contributed by atoms with van der Waals surface area (Å²) in [6.45, 7) is 8.12. The van der Waals surface area contributed by atoms with Gasteiger partial charge in [0.25, 0.3) is 0 Å². The number of nitrogens with zero attached hydrogens (tertiary/aromatic N) is 3. The van der Waals surface area contributed by atoms with Crippen LogP contribution in [0.5, 0.6) is 0 Å². The summed E-state index contributed by atoms with van der Waals surface area (Å²) in [5.41, 5.74) is 10.4. The first kappa shape index (κ1) is 20.2. The highest BCUT2D eigenvalue weighted by molar-refractivity contribution is 7.08. The van der Waals surface area contributed by atoms with E-state index in [2.05, 4.69) is 86.7 Å². The van der Waals surface area contributed by atoms with Gasteiger partial charge in [-0.2, -0.15) is 16.4 Å². The summed E-state index contributed by atoms with van der Waals surface area (Å²) in [5.74, 6) is 0. The van der Waals surface area contributed by atoms with E-state index in [-0.39, 0.29) is 0 Å². The molecule has 0 radical (unpaired) electrons. The number of thiophene rings is 1. The van der Waals surface area contributed by atoms with E-state index in [0.717, 1.165) is 51.2 Å². The monoisotopic (exact) mass is 437 g/mol. The zero-order valence-electron chi connectivity index (χ0n) is 18.0. The summed E-state index contributed by atoms with van der Waals surface area (Å²) in [6, 6.07) is 8.60. The van der Waals surface area contributed by atoms with E-state index < -0.39 is 0 Å². The number of aryl methyl sites for hydroxylation is 2. The van der Waals surface area contributed by atoms with Gasteiger partial charge >= 0.3 is 0 Å². The van der Waals surface area contributed by atoms with Crippen molar-refractivity contribution in [2.24, 2.45) is 0 Å². The number of pyridine rings is 2. The molecule has 0 aliphatic carbocycles. The molecule has 0 aliphatic heterocycles. The first-order valence-electron chi connectivity index (χ1n) is 10.5. The molecule has 0 atom stereocenters. The van der Waals surface area contributed by atoms with Crippen molar-refractivity contribution in [2.75, 3.05) is 0 Å². The molecule has 5 aromatic rings. The van der Waals surface area contributed by atoms with Crippen LogP contribution in [0.3, 0.4) is 0 Å². The maximum atomic E-state index is 4.59. The van der Waals surface area contributed by atoms with E-state index in [9.17, 15) is 0 Å². The average Bonchev–Trinajstić information content (AvgIpc) is 3.57. The second-order valence-corrected chi connectivity index (χ2v) is 8.46. The topological polar surface area (TPSA) is 70.2 Å². The van der Waals surface area contributed by atoms with Gasteiger partial charge in [-0.3, -0.25) is 10.1 Å². The van der Waals surface area contributed by atoms with Crippen LogP contribution in [0, 0.1) is 6.92 Å². The van der Waals surface area contributed by atoms with Crippen molar-refractivity contribution in [3.63, 3.8) is 0 Å². The molecule has 5 nitrogen and oxygen atoms in total. The standard InChI is InChI=1S/C26H23N5S/c1-4-6-21(18-7-8-32-15-18)22-11-24(29-16(22)3)25-23-10-20(14-28-26(23)31-30-25)19-9-17(5-2)12-27-13-19/h4,6-15,29H,1,5H2,2-3H3,(H,28,30,31)/b21-6-. The van der Waals surface area contributed by atoms with Crippen LogP contribution >= 0.6 is 11.3 Å². The molecule has 0 unspecified atom stereocenters. The normalized spacial score (nSPS) is 11.9. The molecule has 0 saturated heterocycles. The molecule has 0 aliphatic rings. The van der Waals surface area contributed by atoms with Crippen LogP contribution in [-0.4, -0.2) is 25.1 Å². The van der Waals surface area contributed by atoms with Crippen molar-refractivity contribution in [1.82, 2.24) is 25.1 Å². The Morgan fingerprint density at radius 1 is 1.16 bits per heavy atom. The van der Waals surface area contributed by atoms with Crippen molar-refractivity contribution in [3.05, 3.63) is 94.7 Å². The second kappa shape index (κ2) is 8.40. The van der Waals surface area contributed by atoms with Gasteiger partial charge in [-0.1, -0.05) is 25.7 Å². The Hall–Kier alpha value is -3.77. The molecule has 2 N–H and O–H groups in total. The second-order valence-electron chi connectivity index (χ2n) is 7.68. The fourth-order valence-electron chi connectivity index (χ4n) is 3.95. The van der Waals surface area contributed by atoms with Gasteiger partial charge in [0.2, 0.25) is 0 Å². The molecule has 32 heavy (non-hydrogen) atoms. The lowest BCUT2D eigenvalue weighted by Gasteiger charge is -2.04. The molecule has 5 heterocycles. The molecule has 0 spiro atoms. The fourth-order valence-corrected chi connectivity index (χ4v) is 4.61. The van der Waals surface area contributed by atoms with E-state index in [0.29, 0.717) is 5.65 Å². The van der Waals surface area contributed by atoms with Crippen molar-refractivity contribution in [1.29, 1.82) is 0 Å². The van der Waals surface area contributed by atoms with Crippen molar-refractivity contribution in [2.45, 2.75) is 20.3 Å². The summed E-state index contributed by atoms with van der Waals surface area (Å²) >= 11 is 1.69. The number of aromatic amines is 2. The quantitative estimate of drug-likeness (QED) is 0.295. The third kappa shape index (κ3) is 3.59. The smallest absolute Gasteiger partial charge is 0.181 e. The Morgan fingerprint density at radius 3 is 2.81 bits per heavy atom. The first-order chi connectivity index (χ1) is 15.7. The lowest BCUT2D eigenvalue weighted by atomic mass is 10.00. The van der Waals surface area contributed by atoms with Crippen LogP contribution < -0.4 is 0 Å². The van der Waals surface area contributed by atoms with Crippen LogP contribution in [0.2, 0.25) is 0 Å². The molecule has 5 aromatic heterocycles. The summed E-state index contributed by atoms with van der Waals surface area (Å²) < 4.78 is 0. The van der Waals surface area contributed by atoms with Crippen LogP contribution in [0.25, 0.3) is 39.1 Å². The number of hydrogen-bond donors (Lipinski definition) is 2. The van der Waals surface area contributed by atoms with Crippen molar-refractivity contribution in [3.8, 4) is 22.5 Å². The average molecular weight is 438 g/mol. The van der Waals surface area contributed by atoms with Gasteiger partial charge in [-0.05, 0) is 65.1 Å². The van der Waals surface area contributed by atoms with Gasteiger partial charge < -0.3 is 4.98 Å². The molecular formula is C26H23N5S. The summed E-state index contributed by atoms with van der Waals surface area (Å²) in [7, 11) is 0. The highest BCUT2D eigenvalue weighted by Gasteiger charge is 2.16. The van der Waals surface area contributed by atoms with Crippen LogP contribution in [0.4, 0.5) is 0 Å². The Balaban J connectivity index is 1.60. The minimum absolute atomic E-state index is 0.692. The van der Waals surface area contributed by atoms with E-state index in [4.69, 9.17) is 0 Å². The number of nitrogens with one attached hydrogen (secondary N) is 2. The maximum Gasteiger partial charge on any atom is 0.181 e. The molecule has 0 saturated carbocycles. The predicted octanol–water partition coefficient (Wildman–Crippen LogP) is 6.57. The van der Waals surface area contributed by atoms with Gasteiger partial charge in [0.1, 0.15) is 0 Å². The Bertz CT molecular complexity index is 1440. The zero-order chi connectivity index (χ0) is 22.1. The van der Waals surface area contributed by atoms with Gasteiger partial charge in [-0.25, -0.2) is 4.98 Å². The Kier molecular flexibility index (Phi) is 5.29. The molecule has 0 fully saturated rings. The van der Waals surface area contributed by atoms with Gasteiger partial charge in [-0.15, -0.1) is 0 Å². The van der Waals surface area contributed by atoms with E-state index >= 15 is 0 Å². The fraction of sp³-hybridized carbons (Fsp3) is 0.115. The number of H-pyrrole nitrogens is 2. The predicted molar refractivity (Wildman–Crippen MR) is 133 cm³/mol. The lowest BCUT2D eigenvalue weighted by molar-refractivity contribution is 1.09. The molecule has 0 aromatic carbocycles. The molecule has 5 rings (SSSR count). The zero-order valence-corrected chi connectivity index (χ0v) is 18.8. The number of allylic oxidation sites excluding steroid dienone is 2. The van der Waals surface area contributed by atoms with E-state index in [1.54, 1.807) is 11.3 Å². The van der Waals surface area contributed by atoms with Gasteiger partial charge in [0, 0.05) is 46.4 Å². The summed E-state index contributed by atoms with van der Waals surface area (Å²) in [6.07, 6.45) is 10.5. The minimum atomic E-state index is 0.692. The number of rotatable bonds is 6. The Labute approximate surface area is 190 Å². The molecule has 6 heteroatoms. The van der Waals surface area contributed by atoms with Crippen molar-refractivity contribution < 1.29 is 0 Å². The van der Waals surface area contributed by atoms with Crippen molar-refractivity contribution >= 4 is 27.9 Å². The molecule has 0 amide bonds. The number of fused-ring (bicyclic) bond motifs is 1. The maximum absolute atomic E-state index is 4.59. The largest absolute Gasteiger partial charge is 0.357 e. The Morgan fingerprint density at radius 2 is 2.03 bits per heavy atom. The molecule has 158 valence electrons. The molecular weight excluding hydrogens is 414 g/mol. The van der Waals surface area contributed by atoms with Gasteiger partial charge in [0.05, 0.1) is 11.4 Å². The highest BCUT2D eigenvalue weighted by Crippen LogP contribution is 2.34. The van der Waals surface area contributed by atoms with Crippen LogP contribution in [-0.2, 0) is 6.42 Å². The minimum Gasteiger partial charge on any atom is -0.357 e. The lowest BCUT2D eigenvalue weighted by Crippen LogP contribution is -1.87.